The molecule has 0 saturated carbocycles. The summed E-state index contributed by atoms with van der Waals surface area (Å²) in [4.78, 5) is 0. The fraction of sp³-hybridized carbons (Fsp3) is 0.111. The summed E-state index contributed by atoms with van der Waals surface area (Å²) in [6.45, 7) is 9.78. The third-order valence-electron chi connectivity index (χ3n) is 0.959. The van der Waals surface area contributed by atoms with E-state index in [1.807, 2.05) is 18.2 Å². The van der Waals surface area contributed by atoms with Gasteiger partial charge in [0.1, 0.15) is 0 Å². The van der Waals surface area contributed by atoms with Gasteiger partial charge in [0.25, 0.3) is 0 Å². The molecular formula is C9H13Cl. The molecule has 56 valence electrons. The minimum atomic E-state index is 0. The van der Waals surface area contributed by atoms with Crippen LogP contribution >= 0.6 is 12.4 Å². The monoisotopic (exact) mass is 156 g/mol. The Kier molecular flexibility index (Phi) is 9.88. The van der Waals surface area contributed by atoms with Crippen molar-refractivity contribution >= 4 is 12.4 Å². The first-order valence-electron chi connectivity index (χ1n) is 2.90. The number of hydrogen-bond donors (Lipinski definition) is 0. The van der Waals surface area contributed by atoms with Gasteiger partial charge in [-0.05, 0) is 6.42 Å². The lowest BCUT2D eigenvalue weighted by Gasteiger charge is -1.94. The van der Waals surface area contributed by atoms with E-state index in [1.165, 1.54) is 5.57 Å². The molecule has 0 amide bonds. The van der Waals surface area contributed by atoms with Crippen molar-refractivity contribution in [1.29, 1.82) is 0 Å². The summed E-state index contributed by atoms with van der Waals surface area (Å²) >= 11 is 0. The van der Waals surface area contributed by atoms with Crippen LogP contribution in [0.4, 0.5) is 0 Å². The minimum Gasteiger partial charge on any atom is -0.147 e. The molecule has 1 rings (SSSR count). The molecule has 0 aliphatic heterocycles. The van der Waals surface area contributed by atoms with Crippen molar-refractivity contribution in [3.05, 3.63) is 49.6 Å². The van der Waals surface area contributed by atoms with Gasteiger partial charge in [-0.25, -0.2) is 0 Å². The number of hydrogen-bond acceptors (Lipinski definition) is 0. The average molecular weight is 157 g/mol. The van der Waals surface area contributed by atoms with E-state index >= 15 is 0 Å². The first kappa shape index (κ1) is 12.0. The molecule has 0 aromatic heterocycles. The molecule has 1 aliphatic rings. The van der Waals surface area contributed by atoms with E-state index in [4.69, 9.17) is 0 Å². The van der Waals surface area contributed by atoms with Gasteiger partial charge >= 0.3 is 0 Å². The van der Waals surface area contributed by atoms with E-state index in [9.17, 15) is 0 Å². The molecule has 0 nitrogen and oxygen atoms in total. The molecule has 0 N–H and O–H groups in total. The second-order valence-corrected chi connectivity index (χ2v) is 1.65. The molecule has 0 aromatic rings. The zero-order valence-corrected chi connectivity index (χ0v) is 6.86. The Morgan fingerprint density at radius 3 is 2.00 bits per heavy atom. The van der Waals surface area contributed by atoms with Crippen LogP contribution in [0.3, 0.4) is 0 Å². The van der Waals surface area contributed by atoms with Crippen LogP contribution in [0.2, 0.25) is 0 Å². The van der Waals surface area contributed by atoms with Crippen LogP contribution in [0.25, 0.3) is 0 Å². The lowest BCUT2D eigenvalue weighted by Crippen LogP contribution is -1.74. The average Bonchev–Trinajstić information content (AvgIpc) is 1.94. The lowest BCUT2D eigenvalue weighted by atomic mass is 10.1. The fourth-order valence-electron chi connectivity index (χ4n) is 0.558. The van der Waals surface area contributed by atoms with Crippen LogP contribution in [0.15, 0.2) is 49.6 Å². The summed E-state index contributed by atoms with van der Waals surface area (Å²) in [5, 5.41) is 0. The Morgan fingerprint density at radius 1 is 1.20 bits per heavy atom. The second-order valence-electron chi connectivity index (χ2n) is 1.65. The summed E-state index contributed by atoms with van der Waals surface area (Å²) in [6, 6.07) is 0. The quantitative estimate of drug-likeness (QED) is 0.473. The third-order valence-corrected chi connectivity index (χ3v) is 0.959. The maximum absolute atomic E-state index is 3.78. The molecule has 0 saturated heterocycles. The van der Waals surface area contributed by atoms with Gasteiger partial charge in [0.05, 0.1) is 0 Å². The predicted molar refractivity (Wildman–Crippen MR) is 50.5 cm³/mol. The zero-order chi connectivity index (χ0) is 7.11. The van der Waals surface area contributed by atoms with Gasteiger partial charge in [-0.1, -0.05) is 36.5 Å². The summed E-state index contributed by atoms with van der Waals surface area (Å²) in [6.07, 6.45) is 9.19. The predicted octanol–water partition coefficient (Wildman–Crippen LogP) is 3.28. The molecule has 1 heteroatoms. The Hall–Kier alpha value is -0.750. The van der Waals surface area contributed by atoms with Crippen LogP contribution < -0.4 is 0 Å². The molecule has 0 heterocycles. The molecule has 0 atom stereocenters. The topological polar surface area (TPSA) is 0 Å². The highest BCUT2D eigenvalue weighted by Gasteiger charge is 1.84. The third kappa shape index (κ3) is 5.39. The number of rotatable bonds is 0. The van der Waals surface area contributed by atoms with Crippen molar-refractivity contribution in [3.63, 3.8) is 0 Å². The van der Waals surface area contributed by atoms with Crippen LogP contribution in [0, 0.1) is 0 Å². The van der Waals surface area contributed by atoms with Crippen LogP contribution in [0.5, 0.6) is 0 Å². The number of halogens is 1. The molecule has 1 aliphatic carbocycles. The molecule has 0 aromatic carbocycles. The van der Waals surface area contributed by atoms with Gasteiger partial charge in [-0.15, -0.1) is 25.6 Å². The van der Waals surface area contributed by atoms with Gasteiger partial charge in [-0.3, -0.25) is 0 Å². The summed E-state index contributed by atoms with van der Waals surface area (Å²) < 4.78 is 0. The van der Waals surface area contributed by atoms with E-state index in [2.05, 4.69) is 25.8 Å². The standard InChI is InChI=1S/C7H8.C2H4.ClH/c1-7-5-3-2-4-6-7;1-2;/h2-5H,1,6H2;1-2H2;1H. The van der Waals surface area contributed by atoms with Crippen molar-refractivity contribution in [1.82, 2.24) is 0 Å². The van der Waals surface area contributed by atoms with Gasteiger partial charge in [0.2, 0.25) is 0 Å². The summed E-state index contributed by atoms with van der Waals surface area (Å²) in [5.41, 5.74) is 1.20. The first-order chi connectivity index (χ1) is 4.39. The van der Waals surface area contributed by atoms with E-state index < -0.39 is 0 Å². The van der Waals surface area contributed by atoms with Gasteiger partial charge in [0, 0.05) is 0 Å². The molecule has 0 spiro atoms. The van der Waals surface area contributed by atoms with E-state index in [0.717, 1.165) is 6.42 Å². The van der Waals surface area contributed by atoms with E-state index in [1.54, 1.807) is 0 Å². The van der Waals surface area contributed by atoms with Crippen molar-refractivity contribution < 1.29 is 0 Å². The molecule has 0 fully saturated rings. The van der Waals surface area contributed by atoms with Crippen molar-refractivity contribution in [2.45, 2.75) is 6.42 Å². The van der Waals surface area contributed by atoms with Gasteiger partial charge in [0.15, 0.2) is 0 Å². The number of allylic oxidation sites excluding steroid dienone is 5. The SMILES string of the molecule is C=C.C=C1C=CC=CC1.Cl. The van der Waals surface area contributed by atoms with Crippen molar-refractivity contribution in [3.8, 4) is 0 Å². The molecule has 0 radical (unpaired) electrons. The molecule has 0 bridgehead atoms. The maximum atomic E-state index is 3.78. The normalized spacial score (nSPS) is 13.0. The van der Waals surface area contributed by atoms with E-state index in [-0.39, 0.29) is 12.4 Å². The van der Waals surface area contributed by atoms with Crippen LogP contribution in [0.1, 0.15) is 6.42 Å². The second kappa shape index (κ2) is 8.25. The molecule has 10 heavy (non-hydrogen) atoms. The Balaban J connectivity index is 0. The maximum Gasteiger partial charge on any atom is -0.0100 e. The zero-order valence-electron chi connectivity index (χ0n) is 6.05. The van der Waals surface area contributed by atoms with Crippen molar-refractivity contribution in [2.24, 2.45) is 0 Å². The highest BCUT2D eigenvalue weighted by molar-refractivity contribution is 5.85. The highest BCUT2D eigenvalue weighted by Crippen LogP contribution is 2.05. The molecular weight excluding hydrogens is 144 g/mol. The summed E-state index contributed by atoms with van der Waals surface area (Å²) in [7, 11) is 0. The van der Waals surface area contributed by atoms with E-state index in [0.29, 0.717) is 0 Å². The Bertz CT molecular complexity index is 143. The van der Waals surface area contributed by atoms with Gasteiger partial charge < -0.3 is 0 Å². The fourth-order valence-corrected chi connectivity index (χ4v) is 0.558. The summed E-state index contributed by atoms with van der Waals surface area (Å²) in [5.74, 6) is 0. The highest BCUT2D eigenvalue weighted by atomic mass is 35.5. The Morgan fingerprint density at radius 2 is 1.80 bits per heavy atom. The van der Waals surface area contributed by atoms with Crippen LogP contribution in [-0.2, 0) is 0 Å². The smallest absolute Gasteiger partial charge is 0.0100 e. The van der Waals surface area contributed by atoms with Gasteiger partial charge in [-0.2, -0.15) is 0 Å². The molecule has 0 unspecified atom stereocenters. The first-order valence-corrected chi connectivity index (χ1v) is 2.90. The largest absolute Gasteiger partial charge is 0.147 e. The minimum absolute atomic E-state index is 0. The lowest BCUT2D eigenvalue weighted by molar-refractivity contribution is 1.28. The Labute approximate surface area is 69.1 Å². The van der Waals surface area contributed by atoms with Crippen LogP contribution in [-0.4, -0.2) is 0 Å². The van der Waals surface area contributed by atoms with Crippen molar-refractivity contribution in [2.75, 3.05) is 0 Å².